The highest BCUT2D eigenvalue weighted by molar-refractivity contribution is 8.00. The summed E-state index contributed by atoms with van der Waals surface area (Å²) in [7, 11) is 0. The van der Waals surface area contributed by atoms with Gasteiger partial charge in [0.25, 0.3) is 0 Å². The van der Waals surface area contributed by atoms with Gasteiger partial charge in [0.05, 0.1) is 12.3 Å². The molecule has 0 atom stereocenters. The van der Waals surface area contributed by atoms with Crippen molar-refractivity contribution >= 4 is 17.7 Å². The van der Waals surface area contributed by atoms with Crippen LogP contribution >= 0.6 is 11.8 Å². The van der Waals surface area contributed by atoms with Crippen molar-refractivity contribution in [2.75, 3.05) is 5.75 Å². The van der Waals surface area contributed by atoms with Gasteiger partial charge in [-0.15, -0.1) is 11.8 Å². The molecule has 3 aromatic rings. The van der Waals surface area contributed by atoms with Crippen LogP contribution in [0.25, 0.3) is 0 Å². The third kappa shape index (κ3) is 4.73. The number of amides is 1. The van der Waals surface area contributed by atoms with Gasteiger partial charge in [-0.3, -0.25) is 9.48 Å². The standard InChI is InChI=1S/C19H19N3OS/c23-19(15-24-18-9-2-1-3-10-18)20-13-16-7-4-5-8-17(16)14-22-12-6-11-21-22/h1-12H,13-15H2,(H,20,23). The molecule has 0 spiro atoms. The predicted molar refractivity (Wildman–Crippen MR) is 96.8 cm³/mol. The van der Waals surface area contributed by atoms with Crippen molar-refractivity contribution in [3.8, 4) is 0 Å². The Hall–Kier alpha value is -2.53. The molecule has 0 saturated heterocycles. The molecule has 1 aromatic heterocycles. The fourth-order valence-electron chi connectivity index (χ4n) is 2.36. The largest absolute Gasteiger partial charge is 0.351 e. The SMILES string of the molecule is O=C(CSc1ccccc1)NCc1ccccc1Cn1cccn1. The first-order valence-corrected chi connectivity index (χ1v) is 8.78. The van der Waals surface area contributed by atoms with E-state index >= 15 is 0 Å². The molecule has 24 heavy (non-hydrogen) atoms. The minimum absolute atomic E-state index is 0.0396. The van der Waals surface area contributed by atoms with Gasteiger partial charge in [-0.1, -0.05) is 42.5 Å². The maximum absolute atomic E-state index is 12.1. The molecule has 0 radical (unpaired) electrons. The van der Waals surface area contributed by atoms with E-state index in [4.69, 9.17) is 0 Å². The maximum atomic E-state index is 12.1. The van der Waals surface area contributed by atoms with E-state index < -0.39 is 0 Å². The lowest BCUT2D eigenvalue weighted by Gasteiger charge is -2.11. The lowest BCUT2D eigenvalue weighted by Crippen LogP contribution is -2.25. The minimum atomic E-state index is 0.0396. The molecule has 0 aliphatic rings. The Morgan fingerprint density at radius 2 is 1.75 bits per heavy atom. The lowest BCUT2D eigenvalue weighted by atomic mass is 10.1. The van der Waals surface area contributed by atoms with Crippen LogP contribution in [0.2, 0.25) is 0 Å². The maximum Gasteiger partial charge on any atom is 0.230 e. The summed E-state index contributed by atoms with van der Waals surface area (Å²) in [6, 6.07) is 20.0. The molecule has 1 heterocycles. The van der Waals surface area contributed by atoms with Gasteiger partial charge in [0.15, 0.2) is 0 Å². The van der Waals surface area contributed by atoms with Gasteiger partial charge in [0.1, 0.15) is 0 Å². The average Bonchev–Trinajstić information content (AvgIpc) is 3.13. The Morgan fingerprint density at radius 3 is 2.50 bits per heavy atom. The Labute approximate surface area is 145 Å². The first-order valence-electron chi connectivity index (χ1n) is 7.80. The van der Waals surface area contributed by atoms with Crippen LogP contribution in [0.3, 0.4) is 0 Å². The Balaban J connectivity index is 1.53. The van der Waals surface area contributed by atoms with Crippen molar-refractivity contribution in [2.24, 2.45) is 0 Å². The number of carbonyl (C=O) groups is 1. The summed E-state index contributed by atoms with van der Waals surface area (Å²) < 4.78 is 1.88. The summed E-state index contributed by atoms with van der Waals surface area (Å²) in [4.78, 5) is 13.2. The van der Waals surface area contributed by atoms with Crippen LogP contribution in [0.4, 0.5) is 0 Å². The molecule has 0 fully saturated rings. The van der Waals surface area contributed by atoms with Crippen LogP contribution in [-0.2, 0) is 17.9 Å². The monoisotopic (exact) mass is 337 g/mol. The number of hydrogen-bond donors (Lipinski definition) is 1. The second kappa shape index (κ2) is 8.36. The first-order chi connectivity index (χ1) is 11.8. The van der Waals surface area contributed by atoms with Gasteiger partial charge in [0, 0.05) is 23.8 Å². The molecule has 4 nitrogen and oxygen atoms in total. The quantitative estimate of drug-likeness (QED) is 0.673. The summed E-state index contributed by atoms with van der Waals surface area (Å²) in [6.45, 7) is 1.24. The predicted octanol–water partition coefficient (Wildman–Crippen LogP) is 3.34. The van der Waals surface area contributed by atoms with Gasteiger partial charge in [0.2, 0.25) is 5.91 Å². The van der Waals surface area contributed by atoms with Crippen molar-refractivity contribution in [2.45, 2.75) is 18.0 Å². The third-order valence-corrected chi connectivity index (χ3v) is 4.61. The van der Waals surface area contributed by atoms with E-state index in [0.717, 1.165) is 16.0 Å². The first kappa shape index (κ1) is 16.3. The molecule has 1 amide bonds. The zero-order valence-corrected chi connectivity index (χ0v) is 14.1. The van der Waals surface area contributed by atoms with Gasteiger partial charge in [-0.05, 0) is 29.3 Å². The molecule has 0 aliphatic carbocycles. The topological polar surface area (TPSA) is 46.9 Å². The van der Waals surface area contributed by atoms with E-state index in [0.29, 0.717) is 18.8 Å². The zero-order valence-electron chi connectivity index (χ0n) is 13.3. The third-order valence-electron chi connectivity index (χ3n) is 3.60. The van der Waals surface area contributed by atoms with E-state index in [-0.39, 0.29) is 5.91 Å². The molecule has 5 heteroatoms. The van der Waals surface area contributed by atoms with Crippen molar-refractivity contribution in [1.82, 2.24) is 15.1 Å². The van der Waals surface area contributed by atoms with Gasteiger partial charge in [-0.2, -0.15) is 5.10 Å². The fraction of sp³-hybridized carbons (Fsp3) is 0.158. The molecular weight excluding hydrogens is 318 g/mol. The Morgan fingerprint density at radius 1 is 1.00 bits per heavy atom. The Kier molecular flexibility index (Phi) is 5.69. The number of benzene rings is 2. The second-order valence-electron chi connectivity index (χ2n) is 5.35. The molecule has 2 aromatic carbocycles. The smallest absolute Gasteiger partial charge is 0.230 e. The van der Waals surface area contributed by atoms with Crippen LogP contribution in [0.5, 0.6) is 0 Å². The number of thioether (sulfide) groups is 1. The highest BCUT2D eigenvalue weighted by Gasteiger charge is 2.06. The number of nitrogens with zero attached hydrogens (tertiary/aromatic N) is 2. The van der Waals surface area contributed by atoms with Crippen LogP contribution in [0.15, 0.2) is 78.0 Å². The summed E-state index contributed by atoms with van der Waals surface area (Å²) in [5.74, 6) is 0.462. The molecule has 3 rings (SSSR count). The van der Waals surface area contributed by atoms with Crippen LogP contribution < -0.4 is 5.32 Å². The molecule has 0 bridgehead atoms. The van der Waals surface area contributed by atoms with Crippen LogP contribution in [-0.4, -0.2) is 21.4 Å². The lowest BCUT2D eigenvalue weighted by molar-refractivity contribution is -0.118. The van der Waals surface area contributed by atoms with Crippen molar-refractivity contribution < 1.29 is 4.79 Å². The number of hydrogen-bond acceptors (Lipinski definition) is 3. The highest BCUT2D eigenvalue weighted by Crippen LogP contribution is 2.16. The summed E-state index contributed by atoms with van der Waals surface area (Å²) in [6.07, 6.45) is 3.71. The summed E-state index contributed by atoms with van der Waals surface area (Å²) in [5.41, 5.74) is 2.28. The van der Waals surface area contributed by atoms with Gasteiger partial charge < -0.3 is 5.32 Å². The van der Waals surface area contributed by atoms with Crippen molar-refractivity contribution in [3.63, 3.8) is 0 Å². The van der Waals surface area contributed by atoms with Gasteiger partial charge in [-0.25, -0.2) is 0 Å². The van der Waals surface area contributed by atoms with E-state index in [1.54, 1.807) is 18.0 Å². The molecule has 0 unspecified atom stereocenters. The minimum Gasteiger partial charge on any atom is -0.351 e. The highest BCUT2D eigenvalue weighted by atomic mass is 32.2. The molecule has 122 valence electrons. The van der Waals surface area contributed by atoms with Crippen molar-refractivity contribution in [1.29, 1.82) is 0 Å². The number of aromatic nitrogens is 2. The summed E-state index contributed by atoms with van der Waals surface area (Å²) in [5, 5.41) is 7.24. The van der Waals surface area contributed by atoms with Gasteiger partial charge >= 0.3 is 0 Å². The number of rotatable bonds is 7. The van der Waals surface area contributed by atoms with E-state index in [9.17, 15) is 4.79 Å². The van der Waals surface area contributed by atoms with E-state index in [1.807, 2.05) is 65.5 Å². The zero-order chi connectivity index (χ0) is 16.6. The van der Waals surface area contributed by atoms with Crippen LogP contribution in [0, 0.1) is 0 Å². The summed E-state index contributed by atoms with van der Waals surface area (Å²) >= 11 is 1.55. The van der Waals surface area contributed by atoms with Crippen LogP contribution in [0.1, 0.15) is 11.1 Å². The molecule has 1 N–H and O–H groups in total. The van der Waals surface area contributed by atoms with E-state index in [1.165, 1.54) is 0 Å². The Bertz CT molecular complexity index is 772. The molecule has 0 saturated carbocycles. The van der Waals surface area contributed by atoms with E-state index in [2.05, 4.69) is 16.5 Å². The molecular formula is C19H19N3OS. The fourth-order valence-corrected chi connectivity index (χ4v) is 3.11. The van der Waals surface area contributed by atoms with Crippen molar-refractivity contribution in [3.05, 3.63) is 84.2 Å². The molecule has 0 aliphatic heterocycles. The second-order valence-corrected chi connectivity index (χ2v) is 6.40. The normalized spacial score (nSPS) is 10.5. The number of carbonyl (C=O) groups excluding carboxylic acids is 1. The average molecular weight is 337 g/mol. The number of nitrogens with one attached hydrogen (secondary N) is 1.